The Kier molecular flexibility index (Phi) is 4.32. The van der Waals surface area contributed by atoms with Gasteiger partial charge in [-0.25, -0.2) is 14.7 Å². The second-order valence-corrected chi connectivity index (χ2v) is 2.89. The number of hydrogen-bond acceptors (Lipinski definition) is 4. The van der Waals surface area contributed by atoms with Gasteiger partial charge in [-0.2, -0.15) is 4.99 Å². The van der Waals surface area contributed by atoms with E-state index in [1.807, 2.05) is 5.48 Å². The summed E-state index contributed by atoms with van der Waals surface area (Å²) >= 11 is 0. The van der Waals surface area contributed by atoms with Gasteiger partial charge in [0, 0.05) is 12.5 Å². The fraction of sp³-hybridized carbons (Fsp3) is 0.200. The minimum absolute atomic E-state index is 0.0830. The summed E-state index contributed by atoms with van der Waals surface area (Å²) in [7, 11) is 0. The molecular formula is C10H9FN2O3. The highest BCUT2D eigenvalue weighted by Gasteiger charge is 2.08. The third kappa shape index (κ3) is 3.27. The van der Waals surface area contributed by atoms with E-state index in [4.69, 9.17) is 4.84 Å². The molecule has 0 saturated heterocycles. The molecule has 0 aliphatic rings. The number of rotatable bonds is 4. The molecule has 0 radical (unpaired) electrons. The Morgan fingerprint density at radius 2 is 2.38 bits per heavy atom. The molecule has 0 atom stereocenters. The molecule has 1 aromatic rings. The zero-order valence-corrected chi connectivity index (χ0v) is 8.49. The number of hydrogen-bond donors (Lipinski definition) is 1. The molecule has 1 rings (SSSR count). The lowest BCUT2D eigenvalue weighted by Gasteiger charge is -2.06. The molecular weight excluding hydrogens is 215 g/mol. The van der Waals surface area contributed by atoms with E-state index in [9.17, 15) is 14.0 Å². The number of nitrogens with one attached hydrogen (secondary N) is 1. The second-order valence-electron chi connectivity index (χ2n) is 2.89. The molecule has 84 valence electrons. The molecule has 0 bridgehead atoms. The summed E-state index contributed by atoms with van der Waals surface area (Å²) in [5, 5.41) is 0. The van der Waals surface area contributed by atoms with Crippen molar-refractivity contribution in [1.29, 1.82) is 0 Å². The predicted molar refractivity (Wildman–Crippen MR) is 52.8 cm³/mol. The first-order chi connectivity index (χ1) is 7.65. The van der Waals surface area contributed by atoms with Gasteiger partial charge in [-0.1, -0.05) is 6.07 Å². The van der Waals surface area contributed by atoms with E-state index in [0.29, 0.717) is 0 Å². The van der Waals surface area contributed by atoms with Crippen LogP contribution in [0.5, 0.6) is 0 Å². The summed E-state index contributed by atoms with van der Waals surface area (Å²) in [5.74, 6) is -0.973. The third-order valence-electron chi connectivity index (χ3n) is 1.69. The van der Waals surface area contributed by atoms with E-state index < -0.39 is 11.7 Å². The van der Waals surface area contributed by atoms with Gasteiger partial charge in [-0.3, -0.25) is 9.63 Å². The molecule has 0 aliphatic heterocycles. The van der Waals surface area contributed by atoms with Crippen LogP contribution in [-0.2, 0) is 21.0 Å². The normalized spacial score (nSPS) is 9.38. The van der Waals surface area contributed by atoms with Crippen molar-refractivity contribution in [2.75, 3.05) is 0 Å². The molecule has 0 aliphatic carbocycles. The summed E-state index contributed by atoms with van der Waals surface area (Å²) in [6.07, 6.45) is 1.32. The number of hydroxylamine groups is 1. The molecule has 0 heterocycles. The lowest BCUT2D eigenvalue weighted by molar-refractivity contribution is -0.132. The van der Waals surface area contributed by atoms with Crippen LogP contribution in [0, 0.1) is 5.82 Å². The van der Waals surface area contributed by atoms with Crippen LogP contribution in [0.3, 0.4) is 0 Å². The van der Waals surface area contributed by atoms with Crippen LogP contribution in [0.25, 0.3) is 0 Å². The van der Waals surface area contributed by atoms with Gasteiger partial charge < -0.3 is 0 Å². The number of halogens is 1. The van der Waals surface area contributed by atoms with Gasteiger partial charge in [-0.15, -0.1) is 0 Å². The van der Waals surface area contributed by atoms with E-state index in [1.165, 1.54) is 31.2 Å². The van der Waals surface area contributed by atoms with E-state index in [-0.39, 0.29) is 17.9 Å². The van der Waals surface area contributed by atoms with Crippen molar-refractivity contribution in [1.82, 2.24) is 5.48 Å². The van der Waals surface area contributed by atoms with E-state index in [2.05, 4.69) is 4.99 Å². The van der Waals surface area contributed by atoms with Crippen molar-refractivity contribution in [3.8, 4) is 0 Å². The summed E-state index contributed by atoms with van der Waals surface area (Å²) in [5.41, 5.74) is 2.25. The number of nitrogens with zero attached hydrogens (tertiary/aromatic N) is 1. The van der Waals surface area contributed by atoms with Crippen LogP contribution in [-0.4, -0.2) is 12.0 Å². The first-order valence-corrected chi connectivity index (χ1v) is 4.38. The van der Waals surface area contributed by atoms with Crippen LogP contribution in [0.4, 0.5) is 10.1 Å². The molecule has 1 aromatic carbocycles. The molecule has 6 heteroatoms. The molecule has 1 amide bonds. The largest absolute Gasteiger partial charge is 0.273 e. The highest BCUT2D eigenvalue weighted by Crippen LogP contribution is 2.21. The first kappa shape index (κ1) is 12.0. The molecule has 5 nitrogen and oxygen atoms in total. The van der Waals surface area contributed by atoms with E-state index in [0.717, 1.165) is 0 Å². The second kappa shape index (κ2) is 5.75. The van der Waals surface area contributed by atoms with Gasteiger partial charge in [0.25, 0.3) is 0 Å². The first-order valence-electron chi connectivity index (χ1n) is 4.38. The number of carbonyl (C=O) groups excluding carboxylic acids is 2. The van der Waals surface area contributed by atoms with E-state index in [1.54, 1.807) is 0 Å². The summed E-state index contributed by atoms with van der Waals surface area (Å²) < 4.78 is 13.3. The Balaban J connectivity index is 2.84. The number of benzene rings is 1. The Hall–Kier alpha value is -2.04. The summed E-state index contributed by atoms with van der Waals surface area (Å²) in [6, 6.07) is 4.06. The molecule has 0 unspecified atom stereocenters. The Labute approximate surface area is 90.9 Å². The maximum atomic E-state index is 13.3. The molecule has 16 heavy (non-hydrogen) atoms. The van der Waals surface area contributed by atoms with E-state index >= 15 is 0 Å². The van der Waals surface area contributed by atoms with Crippen molar-refractivity contribution in [2.45, 2.75) is 13.5 Å². The minimum atomic E-state index is -0.568. The molecule has 0 spiro atoms. The smallest absolute Gasteiger partial charge is 0.240 e. The van der Waals surface area contributed by atoms with Gasteiger partial charge in [0.15, 0.2) is 0 Å². The predicted octanol–water partition coefficient (Wildman–Crippen LogP) is 1.36. The van der Waals surface area contributed by atoms with Crippen LogP contribution >= 0.6 is 0 Å². The number of aliphatic imine (C=N–C) groups is 1. The number of amides is 1. The number of isocyanates is 1. The van der Waals surface area contributed by atoms with Gasteiger partial charge in [-0.05, 0) is 12.1 Å². The van der Waals surface area contributed by atoms with Crippen molar-refractivity contribution in [2.24, 2.45) is 4.99 Å². The zero-order valence-electron chi connectivity index (χ0n) is 8.49. The molecule has 0 aromatic heterocycles. The summed E-state index contributed by atoms with van der Waals surface area (Å²) in [4.78, 5) is 28.7. The van der Waals surface area contributed by atoms with Crippen molar-refractivity contribution in [3.05, 3.63) is 29.6 Å². The maximum Gasteiger partial charge on any atom is 0.240 e. The fourth-order valence-corrected chi connectivity index (χ4v) is 1.05. The van der Waals surface area contributed by atoms with Crippen LogP contribution < -0.4 is 5.48 Å². The van der Waals surface area contributed by atoms with Crippen molar-refractivity contribution < 1.29 is 18.8 Å². The van der Waals surface area contributed by atoms with Crippen molar-refractivity contribution >= 4 is 17.7 Å². The van der Waals surface area contributed by atoms with Crippen LogP contribution in [0.15, 0.2) is 23.2 Å². The van der Waals surface area contributed by atoms with Gasteiger partial charge in [0.2, 0.25) is 12.0 Å². The summed E-state index contributed by atoms with van der Waals surface area (Å²) in [6.45, 7) is 1.04. The van der Waals surface area contributed by atoms with Crippen LogP contribution in [0.1, 0.15) is 12.5 Å². The fourth-order valence-electron chi connectivity index (χ4n) is 1.05. The molecule has 1 N–H and O–H groups in total. The molecule has 0 saturated carbocycles. The highest BCUT2D eigenvalue weighted by molar-refractivity contribution is 5.71. The topological polar surface area (TPSA) is 67.8 Å². The lowest BCUT2D eigenvalue weighted by Crippen LogP contribution is -2.20. The monoisotopic (exact) mass is 224 g/mol. The Bertz CT molecular complexity index is 442. The average Bonchev–Trinajstić information content (AvgIpc) is 2.22. The highest BCUT2D eigenvalue weighted by atomic mass is 19.1. The Morgan fingerprint density at radius 1 is 1.62 bits per heavy atom. The van der Waals surface area contributed by atoms with Crippen LogP contribution in [0.2, 0.25) is 0 Å². The third-order valence-corrected chi connectivity index (χ3v) is 1.69. The van der Waals surface area contributed by atoms with Gasteiger partial charge in [0.05, 0.1) is 5.69 Å². The molecule has 0 fully saturated rings. The van der Waals surface area contributed by atoms with Gasteiger partial charge in [0.1, 0.15) is 12.4 Å². The number of carbonyl (C=O) groups is 1. The quantitative estimate of drug-likeness (QED) is 0.477. The zero-order chi connectivity index (χ0) is 12.0. The van der Waals surface area contributed by atoms with Crippen molar-refractivity contribution in [3.63, 3.8) is 0 Å². The average molecular weight is 224 g/mol. The minimum Gasteiger partial charge on any atom is -0.273 e. The maximum absolute atomic E-state index is 13.3. The standard InChI is InChI=1S/C10H9FN2O3/c1-7(15)13-16-5-8-9(11)3-2-4-10(8)12-6-14/h2-4H,5H2,1H3,(H,13,15). The van der Waals surface area contributed by atoms with Gasteiger partial charge >= 0.3 is 0 Å². The lowest BCUT2D eigenvalue weighted by atomic mass is 10.2. The Morgan fingerprint density at radius 3 is 3.00 bits per heavy atom. The SMILES string of the molecule is CC(=O)NOCc1c(F)cccc1N=C=O.